The summed E-state index contributed by atoms with van der Waals surface area (Å²) in [4.78, 5) is 11.2. The van der Waals surface area contributed by atoms with E-state index >= 15 is 0 Å². The fourth-order valence-electron chi connectivity index (χ4n) is 0.992. The van der Waals surface area contributed by atoms with Crippen molar-refractivity contribution in [3.05, 3.63) is 39.1 Å². The Labute approximate surface area is 76.1 Å². The summed E-state index contributed by atoms with van der Waals surface area (Å²) < 4.78 is 5.67. The summed E-state index contributed by atoms with van der Waals surface area (Å²) in [5.74, 6) is 0. The lowest BCUT2D eigenvalue weighted by Crippen LogP contribution is -1.99. The predicted molar refractivity (Wildman–Crippen MR) is 48.0 cm³/mol. The molecule has 0 bridgehead atoms. The van der Waals surface area contributed by atoms with Crippen molar-refractivity contribution in [2.75, 3.05) is 0 Å². The van der Waals surface area contributed by atoms with Crippen molar-refractivity contribution in [2.45, 2.75) is 0 Å². The van der Waals surface area contributed by atoms with Gasteiger partial charge in [0, 0.05) is 0 Å². The van der Waals surface area contributed by atoms with Crippen molar-refractivity contribution >= 4 is 26.9 Å². The highest BCUT2D eigenvalue weighted by Gasteiger charge is 2.02. The van der Waals surface area contributed by atoms with Gasteiger partial charge < -0.3 is 4.52 Å². The number of hydrogen-bond donors (Lipinski definition) is 0. The molecule has 1 aromatic heterocycles. The van der Waals surface area contributed by atoms with E-state index in [-0.39, 0.29) is 5.43 Å². The number of halogens is 1. The van der Waals surface area contributed by atoms with Gasteiger partial charge in [0.2, 0.25) is 5.43 Å². The largest absolute Gasteiger partial charge is 0.355 e. The summed E-state index contributed by atoms with van der Waals surface area (Å²) in [6.07, 6.45) is 1.16. The van der Waals surface area contributed by atoms with Crippen molar-refractivity contribution in [3.63, 3.8) is 0 Å². The number of nitrogens with zero attached hydrogens (tertiary/aromatic N) is 1. The van der Waals surface area contributed by atoms with Crippen LogP contribution in [0.2, 0.25) is 0 Å². The van der Waals surface area contributed by atoms with E-state index in [1.807, 2.05) is 0 Å². The van der Waals surface area contributed by atoms with E-state index in [1.165, 1.54) is 0 Å². The molecule has 1 heterocycles. The van der Waals surface area contributed by atoms with Gasteiger partial charge in [-0.1, -0.05) is 11.2 Å². The van der Waals surface area contributed by atoms with Gasteiger partial charge in [0.05, 0.1) is 9.86 Å². The first-order valence-electron chi connectivity index (χ1n) is 3.32. The Hall–Kier alpha value is -1.16. The van der Waals surface area contributed by atoms with Gasteiger partial charge in [-0.25, -0.2) is 0 Å². The van der Waals surface area contributed by atoms with Crippen LogP contribution in [0.1, 0.15) is 0 Å². The lowest BCUT2D eigenvalue weighted by Gasteiger charge is -1.94. The molecular formula is C8H4BrNO2. The molecule has 0 spiro atoms. The zero-order valence-corrected chi connectivity index (χ0v) is 7.54. The highest BCUT2D eigenvalue weighted by atomic mass is 79.9. The third-order valence-electron chi connectivity index (χ3n) is 1.55. The first-order valence-corrected chi connectivity index (χ1v) is 4.11. The SMILES string of the molecule is O=c1cnoc2c(Br)cccc12. The van der Waals surface area contributed by atoms with Crippen LogP contribution in [-0.2, 0) is 0 Å². The van der Waals surface area contributed by atoms with Crippen LogP contribution in [0.25, 0.3) is 11.0 Å². The van der Waals surface area contributed by atoms with Crippen LogP contribution in [0.3, 0.4) is 0 Å². The molecule has 0 atom stereocenters. The molecule has 0 amide bonds. The van der Waals surface area contributed by atoms with Crippen LogP contribution in [0, 0.1) is 0 Å². The average molecular weight is 226 g/mol. The molecule has 0 aliphatic rings. The molecule has 0 unspecified atom stereocenters. The molecule has 2 rings (SSSR count). The van der Waals surface area contributed by atoms with E-state index in [0.717, 1.165) is 10.7 Å². The number of para-hydroxylation sites is 1. The molecule has 2 aromatic rings. The van der Waals surface area contributed by atoms with E-state index in [4.69, 9.17) is 4.52 Å². The van der Waals surface area contributed by atoms with E-state index < -0.39 is 0 Å². The number of aromatic nitrogens is 1. The summed E-state index contributed by atoms with van der Waals surface area (Å²) in [5.41, 5.74) is 0.363. The second-order valence-electron chi connectivity index (χ2n) is 2.31. The molecule has 4 heteroatoms. The standard InChI is InChI=1S/C8H4BrNO2/c9-6-3-1-2-5-7(11)4-10-12-8(5)6/h1-4H. The first kappa shape index (κ1) is 7.49. The second-order valence-corrected chi connectivity index (χ2v) is 3.16. The van der Waals surface area contributed by atoms with E-state index in [0.29, 0.717) is 11.0 Å². The van der Waals surface area contributed by atoms with E-state index in [2.05, 4.69) is 21.1 Å². The molecule has 1 aromatic carbocycles. The summed E-state index contributed by atoms with van der Waals surface area (Å²) in [6.45, 7) is 0. The van der Waals surface area contributed by atoms with Crippen LogP contribution < -0.4 is 5.43 Å². The molecule has 0 N–H and O–H groups in total. The fourth-order valence-corrected chi connectivity index (χ4v) is 1.43. The normalized spacial score (nSPS) is 10.4. The zero-order chi connectivity index (χ0) is 8.55. The lowest BCUT2D eigenvalue weighted by molar-refractivity contribution is 0.439. The van der Waals surface area contributed by atoms with Crippen molar-refractivity contribution < 1.29 is 4.52 Å². The third-order valence-corrected chi connectivity index (χ3v) is 2.17. The number of rotatable bonds is 0. The average Bonchev–Trinajstić information content (AvgIpc) is 2.07. The maximum atomic E-state index is 11.2. The number of fused-ring (bicyclic) bond motifs is 1. The van der Waals surface area contributed by atoms with Gasteiger partial charge in [-0.05, 0) is 28.1 Å². The van der Waals surface area contributed by atoms with Crippen molar-refractivity contribution in [1.29, 1.82) is 0 Å². The van der Waals surface area contributed by atoms with E-state index in [9.17, 15) is 4.79 Å². The molecule has 0 aliphatic heterocycles. The Morgan fingerprint density at radius 1 is 1.42 bits per heavy atom. The highest BCUT2D eigenvalue weighted by Crippen LogP contribution is 2.19. The number of benzene rings is 1. The minimum atomic E-state index is -0.127. The van der Waals surface area contributed by atoms with Gasteiger partial charge in [-0.15, -0.1) is 0 Å². The van der Waals surface area contributed by atoms with Crippen LogP contribution in [0.4, 0.5) is 0 Å². The monoisotopic (exact) mass is 225 g/mol. The van der Waals surface area contributed by atoms with Gasteiger partial charge in [0.15, 0.2) is 5.58 Å². The smallest absolute Gasteiger partial charge is 0.211 e. The Balaban J connectivity index is 3.05. The van der Waals surface area contributed by atoms with Gasteiger partial charge in [-0.3, -0.25) is 4.79 Å². The molecule has 0 saturated carbocycles. The van der Waals surface area contributed by atoms with Crippen molar-refractivity contribution in [1.82, 2.24) is 5.16 Å². The van der Waals surface area contributed by atoms with Crippen LogP contribution in [-0.4, -0.2) is 5.16 Å². The molecule has 60 valence electrons. The predicted octanol–water partition coefficient (Wildman–Crippen LogP) is 1.95. The fraction of sp³-hybridized carbons (Fsp3) is 0. The third kappa shape index (κ3) is 1.04. The maximum absolute atomic E-state index is 11.2. The minimum Gasteiger partial charge on any atom is -0.355 e. The second kappa shape index (κ2) is 2.71. The first-order chi connectivity index (χ1) is 5.79. The van der Waals surface area contributed by atoms with Crippen LogP contribution >= 0.6 is 15.9 Å². The molecule has 0 saturated heterocycles. The van der Waals surface area contributed by atoms with Crippen molar-refractivity contribution in [3.8, 4) is 0 Å². The maximum Gasteiger partial charge on any atom is 0.211 e. The summed E-state index contributed by atoms with van der Waals surface area (Å²) in [5, 5.41) is 4.00. The molecule has 0 radical (unpaired) electrons. The quantitative estimate of drug-likeness (QED) is 0.689. The van der Waals surface area contributed by atoms with Gasteiger partial charge >= 0.3 is 0 Å². The Kier molecular flexibility index (Phi) is 1.69. The topological polar surface area (TPSA) is 43.1 Å². The zero-order valence-electron chi connectivity index (χ0n) is 5.95. The molecule has 0 aliphatic carbocycles. The van der Waals surface area contributed by atoms with Crippen LogP contribution in [0.5, 0.6) is 0 Å². The Bertz CT molecular complexity index is 478. The Morgan fingerprint density at radius 3 is 3.00 bits per heavy atom. The number of hydrogen-bond acceptors (Lipinski definition) is 3. The van der Waals surface area contributed by atoms with Gasteiger partial charge in [-0.2, -0.15) is 0 Å². The molecule has 0 fully saturated rings. The minimum absolute atomic E-state index is 0.127. The van der Waals surface area contributed by atoms with Gasteiger partial charge in [0.25, 0.3) is 0 Å². The molecular weight excluding hydrogens is 222 g/mol. The van der Waals surface area contributed by atoms with Crippen molar-refractivity contribution in [2.24, 2.45) is 0 Å². The summed E-state index contributed by atoms with van der Waals surface area (Å²) >= 11 is 3.26. The summed E-state index contributed by atoms with van der Waals surface area (Å²) in [7, 11) is 0. The Morgan fingerprint density at radius 2 is 2.25 bits per heavy atom. The highest BCUT2D eigenvalue weighted by molar-refractivity contribution is 9.10. The lowest BCUT2D eigenvalue weighted by atomic mass is 10.2. The van der Waals surface area contributed by atoms with Gasteiger partial charge in [0.1, 0.15) is 6.20 Å². The summed E-state index contributed by atoms with van der Waals surface area (Å²) in [6, 6.07) is 5.28. The molecule has 12 heavy (non-hydrogen) atoms. The molecule has 3 nitrogen and oxygen atoms in total. The van der Waals surface area contributed by atoms with Crippen LogP contribution in [0.15, 0.2) is 38.2 Å². The van der Waals surface area contributed by atoms with E-state index in [1.54, 1.807) is 18.2 Å².